The third-order valence-corrected chi connectivity index (χ3v) is 4.27. The van der Waals surface area contributed by atoms with Crippen molar-refractivity contribution in [1.29, 1.82) is 0 Å². The number of carbonyl (C=O) groups excluding carboxylic acids is 1. The molecule has 4 rings (SSSR count). The van der Waals surface area contributed by atoms with Crippen LogP contribution in [0.2, 0.25) is 0 Å². The van der Waals surface area contributed by atoms with Gasteiger partial charge < -0.3 is 16.0 Å². The number of aryl methyl sites for hydroxylation is 2. The number of rotatable bonds is 6. The molecular weight excluding hydrogens is 392 g/mol. The van der Waals surface area contributed by atoms with Gasteiger partial charge in [-0.25, -0.2) is 19.9 Å². The van der Waals surface area contributed by atoms with E-state index in [1.54, 1.807) is 30.6 Å². The van der Waals surface area contributed by atoms with Crippen molar-refractivity contribution in [2.75, 3.05) is 16.0 Å². The average molecular weight is 412 g/mol. The molecule has 0 saturated carbocycles. The van der Waals surface area contributed by atoms with Gasteiger partial charge >= 0.3 is 0 Å². The normalized spacial score (nSPS) is 10.4. The van der Waals surface area contributed by atoms with E-state index >= 15 is 0 Å². The maximum atomic E-state index is 12.3. The molecule has 3 heterocycles. The zero-order valence-electron chi connectivity index (χ0n) is 17.0. The van der Waals surface area contributed by atoms with E-state index in [1.165, 1.54) is 12.5 Å². The van der Waals surface area contributed by atoms with Crippen molar-refractivity contribution in [3.63, 3.8) is 0 Å². The van der Waals surface area contributed by atoms with E-state index in [9.17, 15) is 4.79 Å². The molecule has 154 valence electrons. The molecule has 1 amide bonds. The third kappa shape index (κ3) is 5.36. The summed E-state index contributed by atoms with van der Waals surface area (Å²) < 4.78 is 0. The predicted molar refractivity (Wildman–Crippen MR) is 119 cm³/mol. The molecule has 0 aliphatic heterocycles. The molecule has 0 aliphatic rings. The minimum Gasteiger partial charge on any atom is -0.340 e. The van der Waals surface area contributed by atoms with Crippen LogP contribution in [0.3, 0.4) is 0 Å². The van der Waals surface area contributed by atoms with E-state index in [0.717, 1.165) is 16.9 Å². The Morgan fingerprint density at radius 1 is 0.742 bits per heavy atom. The zero-order valence-corrected chi connectivity index (χ0v) is 17.0. The molecule has 0 unspecified atom stereocenters. The first-order valence-electron chi connectivity index (χ1n) is 9.54. The van der Waals surface area contributed by atoms with E-state index < -0.39 is 0 Å². The third-order valence-electron chi connectivity index (χ3n) is 4.27. The van der Waals surface area contributed by atoms with Crippen molar-refractivity contribution in [3.8, 4) is 0 Å². The molecule has 0 bridgehead atoms. The summed E-state index contributed by atoms with van der Waals surface area (Å²) >= 11 is 0. The number of pyridine rings is 1. The van der Waals surface area contributed by atoms with Gasteiger partial charge in [0.15, 0.2) is 0 Å². The number of nitrogens with zero attached hydrogens (tertiary/aromatic N) is 5. The number of nitrogens with one attached hydrogen (secondary N) is 3. The molecule has 9 nitrogen and oxygen atoms in total. The van der Waals surface area contributed by atoms with Gasteiger partial charge in [-0.15, -0.1) is 0 Å². The minimum absolute atomic E-state index is 0.261. The Morgan fingerprint density at radius 3 is 2.16 bits per heavy atom. The van der Waals surface area contributed by atoms with Crippen molar-refractivity contribution in [2.24, 2.45) is 0 Å². The van der Waals surface area contributed by atoms with Crippen molar-refractivity contribution < 1.29 is 4.79 Å². The summed E-state index contributed by atoms with van der Waals surface area (Å²) in [5, 5.41) is 9.17. The van der Waals surface area contributed by atoms with Crippen molar-refractivity contribution in [1.82, 2.24) is 24.9 Å². The van der Waals surface area contributed by atoms with Crippen LogP contribution in [0.5, 0.6) is 0 Å². The highest BCUT2D eigenvalue weighted by Crippen LogP contribution is 2.20. The highest BCUT2D eigenvalue weighted by atomic mass is 16.1. The number of benzene rings is 1. The van der Waals surface area contributed by atoms with Gasteiger partial charge in [0.05, 0.1) is 11.9 Å². The van der Waals surface area contributed by atoms with Crippen LogP contribution < -0.4 is 16.0 Å². The standard InChI is InChI=1S/C22H20N8O/c1-14-7-8-23-19(9-14)30-21-10-20(26-13-27-21)28-16-3-5-17(6-4-16)29-22(31)18-12-24-15(2)11-25-18/h3-13H,1-2H3,(H,29,31)(H2,23,26,27,28,30). The Bertz CT molecular complexity index is 1190. The Morgan fingerprint density at radius 2 is 1.45 bits per heavy atom. The topological polar surface area (TPSA) is 118 Å². The van der Waals surface area contributed by atoms with E-state index in [1.807, 2.05) is 38.1 Å². The van der Waals surface area contributed by atoms with Gasteiger partial charge in [0, 0.05) is 29.8 Å². The van der Waals surface area contributed by atoms with Gasteiger partial charge in [-0.2, -0.15) is 0 Å². The Balaban J connectivity index is 1.39. The minimum atomic E-state index is -0.315. The van der Waals surface area contributed by atoms with Crippen LogP contribution in [0.15, 0.2) is 67.4 Å². The monoisotopic (exact) mass is 412 g/mol. The van der Waals surface area contributed by atoms with Gasteiger partial charge in [-0.3, -0.25) is 9.78 Å². The second-order valence-corrected chi connectivity index (χ2v) is 6.83. The molecule has 0 saturated heterocycles. The summed E-state index contributed by atoms with van der Waals surface area (Å²) in [5.41, 5.74) is 3.58. The van der Waals surface area contributed by atoms with Crippen molar-refractivity contribution in [2.45, 2.75) is 13.8 Å². The van der Waals surface area contributed by atoms with Crippen LogP contribution in [-0.4, -0.2) is 30.8 Å². The van der Waals surface area contributed by atoms with Crippen LogP contribution >= 0.6 is 0 Å². The lowest BCUT2D eigenvalue weighted by Gasteiger charge is -2.10. The molecule has 1 aromatic carbocycles. The van der Waals surface area contributed by atoms with Crippen LogP contribution in [0, 0.1) is 13.8 Å². The largest absolute Gasteiger partial charge is 0.340 e. The summed E-state index contributed by atoms with van der Waals surface area (Å²) in [6, 6.07) is 12.9. The van der Waals surface area contributed by atoms with Crippen molar-refractivity contribution >= 4 is 34.7 Å². The first-order chi connectivity index (χ1) is 15.0. The van der Waals surface area contributed by atoms with Crippen LogP contribution in [0.25, 0.3) is 0 Å². The lowest BCUT2D eigenvalue weighted by atomic mass is 10.2. The first kappa shape index (κ1) is 19.9. The van der Waals surface area contributed by atoms with Gasteiger partial charge in [0.1, 0.15) is 29.5 Å². The molecule has 0 aliphatic carbocycles. The number of aromatic nitrogens is 5. The summed E-state index contributed by atoms with van der Waals surface area (Å²) in [7, 11) is 0. The molecule has 9 heteroatoms. The molecule has 0 atom stereocenters. The maximum Gasteiger partial charge on any atom is 0.275 e. The molecule has 3 aromatic heterocycles. The predicted octanol–water partition coefficient (Wildman–Crippen LogP) is 4.02. The quantitative estimate of drug-likeness (QED) is 0.435. The lowest BCUT2D eigenvalue weighted by molar-refractivity contribution is 0.102. The maximum absolute atomic E-state index is 12.3. The van der Waals surface area contributed by atoms with Crippen LogP contribution in [-0.2, 0) is 0 Å². The van der Waals surface area contributed by atoms with E-state index in [0.29, 0.717) is 23.1 Å². The first-order valence-corrected chi connectivity index (χ1v) is 9.54. The van der Waals surface area contributed by atoms with Crippen molar-refractivity contribution in [3.05, 3.63) is 84.3 Å². The van der Waals surface area contributed by atoms with E-state index in [2.05, 4.69) is 40.9 Å². The molecule has 0 radical (unpaired) electrons. The summed E-state index contributed by atoms with van der Waals surface area (Å²) in [5.74, 6) is 1.64. The summed E-state index contributed by atoms with van der Waals surface area (Å²) in [4.78, 5) is 33.2. The SMILES string of the molecule is Cc1ccnc(Nc2cc(Nc3ccc(NC(=O)c4cnc(C)cn4)cc3)ncn2)c1. The lowest BCUT2D eigenvalue weighted by Crippen LogP contribution is -2.14. The van der Waals surface area contributed by atoms with E-state index in [4.69, 9.17) is 0 Å². The summed E-state index contributed by atoms with van der Waals surface area (Å²) in [6.45, 7) is 3.82. The second-order valence-electron chi connectivity index (χ2n) is 6.83. The number of carbonyl (C=O) groups is 1. The highest BCUT2D eigenvalue weighted by molar-refractivity contribution is 6.02. The van der Waals surface area contributed by atoms with Gasteiger partial charge in [0.2, 0.25) is 0 Å². The Kier molecular flexibility index (Phi) is 5.75. The molecule has 4 aromatic rings. The number of amides is 1. The second kappa shape index (κ2) is 8.95. The molecule has 31 heavy (non-hydrogen) atoms. The fraction of sp³-hybridized carbons (Fsp3) is 0.0909. The molecule has 0 spiro atoms. The van der Waals surface area contributed by atoms with E-state index in [-0.39, 0.29) is 11.6 Å². The van der Waals surface area contributed by atoms with Crippen LogP contribution in [0.4, 0.5) is 28.8 Å². The number of hydrogen-bond acceptors (Lipinski definition) is 8. The van der Waals surface area contributed by atoms with Crippen LogP contribution in [0.1, 0.15) is 21.7 Å². The average Bonchev–Trinajstić information content (AvgIpc) is 2.76. The highest BCUT2D eigenvalue weighted by Gasteiger charge is 2.08. The molecule has 0 fully saturated rings. The number of hydrogen-bond donors (Lipinski definition) is 3. The zero-order chi connectivity index (χ0) is 21.6. The van der Waals surface area contributed by atoms with Gasteiger partial charge in [0.25, 0.3) is 5.91 Å². The fourth-order valence-electron chi connectivity index (χ4n) is 2.72. The smallest absolute Gasteiger partial charge is 0.275 e. The molecule has 3 N–H and O–H groups in total. The molecular formula is C22H20N8O. The summed E-state index contributed by atoms with van der Waals surface area (Å²) in [6.07, 6.45) is 6.22. The number of anilines is 5. The fourth-order valence-corrected chi connectivity index (χ4v) is 2.72. The van der Waals surface area contributed by atoms with Gasteiger partial charge in [-0.05, 0) is 55.8 Å². The Hall–Kier alpha value is -4.40. The Labute approximate surface area is 179 Å². The van der Waals surface area contributed by atoms with Gasteiger partial charge in [-0.1, -0.05) is 0 Å².